The first-order valence-corrected chi connectivity index (χ1v) is 12.3. The normalized spacial score (nSPS) is 12.3. The van der Waals surface area contributed by atoms with Gasteiger partial charge in [-0.3, -0.25) is 0 Å². The molecule has 0 amide bonds. The van der Waals surface area contributed by atoms with Crippen molar-refractivity contribution in [3.05, 3.63) is 95.3 Å². The van der Waals surface area contributed by atoms with Crippen molar-refractivity contribution in [1.82, 2.24) is 9.97 Å². The van der Waals surface area contributed by atoms with Crippen LogP contribution in [-0.2, 0) is 30.0 Å². The van der Waals surface area contributed by atoms with Gasteiger partial charge in [0.05, 0.1) is 0 Å². The van der Waals surface area contributed by atoms with Crippen LogP contribution in [0.3, 0.4) is 0 Å². The monoisotopic (exact) mass is 517 g/mol. The predicted molar refractivity (Wildman–Crippen MR) is 108 cm³/mol. The molecule has 195 valence electrons. The van der Waals surface area contributed by atoms with Crippen LogP contribution in [-0.4, -0.2) is 9.97 Å². The van der Waals surface area contributed by atoms with E-state index in [1.54, 1.807) is 0 Å². The summed E-state index contributed by atoms with van der Waals surface area (Å²) in [5.74, 6) is -4.45. The van der Waals surface area contributed by atoms with E-state index in [-0.39, 0.29) is 30.7 Å². The van der Waals surface area contributed by atoms with Crippen molar-refractivity contribution in [2.75, 3.05) is 0 Å². The summed E-state index contributed by atoms with van der Waals surface area (Å²) in [7, 11) is 0. The summed E-state index contributed by atoms with van der Waals surface area (Å²) < 4.78 is 135. The third-order valence-electron chi connectivity index (χ3n) is 4.85. The summed E-state index contributed by atoms with van der Waals surface area (Å²) in [6, 6.07) is 5.74. The van der Waals surface area contributed by atoms with E-state index in [1.807, 2.05) is 0 Å². The molecule has 0 bridgehead atoms. The van der Waals surface area contributed by atoms with Gasteiger partial charge in [0.2, 0.25) is 0 Å². The number of nitrogens with zero attached hydrogens (tertiary/aromatic N) is 2. The number of hydrogen-bond acceptors (Lipinski definition) is 2. The first-order chi connectivity index (χ1) is 17.2. The van der Waals surface area contributed by atoms with E-state index in [9.17, 15) is 43.9 Å². The molecule has 4 rings (SSSR count). The van der Waals surface area contributed by atoms with Crippen molar-refractivity contribution >= 4 is 8.15 Å². The summed E-state index contributed by atoms with van der Waals surface area (Å²) in [4.78, 5) is 7.25. The van der Waals surface area contributed by atoms with Crippen LogP contribution >= 0.6 is 0 Å². The van der Waals surface area contributed by atoms with Gasteiger partial charge in [0.25, 0.3) is 0 Å². The Bertz CT molecular complexity index is 1340. The van der Waals surface area contributed by atoms with Crippen LogP contribution in [0.25, 0.3) is 22.5 Å². The molecular weight excluding hydrogens is 507 g/mol. The number of rotatable bonds is 4. The molecule has 0 aliphatic rings. The predicted octanol–water partition coefficient (Wildman–Crippen LogP) is 6.44. The molecule has 0 saturated carbocycles. The molecule has 0 atom stereocenters. The van der Waals surface area contributed by atoms with Crippen LogP contribution in [0, 0.1) is 23.3 Å². The van der Waals surface area contributed by atoms with E-state index < -0.39 is 64.4 Å². The van der Waals surface area contributed by atoms with Crippen molar-refractivity contribution in [2.24, 2.45) is 0 Å². The molecule has 0 spiro atoms. The second-order valence-corrected chi connectivity index (χ2v) is 10.6. The van der Waals surface area contributed by atoms with Crippen LogP contribution in [0.5, 0.6) is 0 Å². The van der Waals surface area contributed by atoms with Gasteiger partial charge in [-0.1, -0.05) is 0 Å². The van der Waals surface area contributed by atoms with E-state index in [1.165, 1.54) is 0 Å². The van der Waals surface area contributed by atoms with E-state index in [4.69, 9.17) is 0 Å². The molecule has 2 heterocycles. The first kappa shape index (κ1) is 26.7. The van der Waals surface area contributed by atoms with Crippen molar-refractivity contribution in [3.8, 4) is 22.5 Å². The Morgan fingerprint density at radius 1 is 0.541 bits per heavy atom. The molecule has 0 aliphatic carbocycles. The molecule has 2 aromatic heterocycles. The molecule has 0 fully saturated rings. The molecule has 13 heteroatoms. The van der Waals surface area contributed by atoms with Crippen LogP contribution in [0.4, 0.5) is 43.9 Å². The minimum atomic E-state index is -4.72. The zero-order valence-corrected chi connectivity index (χ0v) is 20.2. The van der Waals surface area contributed by atoms with Gasteiger partial charge in [-0.2, -0.15) is 0 Å². The van der Waals surface area contributed by atoms with Crippen LogP contribution in [0.1, 0.15) is 11.1 Å². The van der Waals surface area contributed by atoms with Gasteiger partial charge in [-0.05, 0) is 0 Å². The van der Waals surface area contributed by atoms with Crippen LogP contribution < -0.4 is 8.15 Å². The summed E-state index contributed by atoms with van der Waals surface area (Å²) >= 11 is -2.06. The zero-order valence-electron chi connectivity index (χ0n) is 17.8. The molecule has 4 aromatic rings. The van der Waals surface area contributed by atoms with E-state index in [0.29, 0.717) is 36.7 Å². The first-order valence-electron chi connectivity index (χ1n) is 9.89. The third kappa shape index (κ3) is 5.83. The van der Waals surface area contributed by atoms with Gasteiger partial charge in [0, 0.05) is 0 Å². The second-order valence-electron chi connectivity index (χ2n) is 7.38. The average Bonchev–Trinajstić information content (AvgIpc) is 2.77. The van der Waals surface area contributed by atoms with Gasteiger partial charge >= 0.3 is 210 Å². The van der Waals surface area contributed by atoms with Crippen LogP contribution in [0.2, 0.25) is 0 Å². The summed E-state index contributed by atoms with van der Waals surface area (Å²) in [6.45, 7) is 0. The number of alkyl halides is 6. The fourth-order valence-electron chi connectivity index (χ4n) is 3.19. The number of aromatic nitrogens is 2. The fourth-order valence-corrected chi connectivity index (χ4v) is 6.67. The van der Waals surface area contributed by atoms with E-state index >= 15 is 0 Å². The number of benzene rings is 2. The Balaban J connectivity index is 1.83. The molecule has 37 heavy (non-hydrogen) atoms. The Labute approximate surface area is 210 Å². The number of halogens is 10. The molecule has 2 aromatic carbocycles. The average molecular weight is 517 g/mol. The maximum atomic E-state index is 14.8. The Kier molecular flexibility index (Phi) is 7.13. The molecule has 0 N–H and O–H groups in total. The second kappa shape index (κ2) is 9.86. The van der Waals surface area contributed by atoms with Gasteiger partial charge in [-0.15, -0.1) is 0 Å². The number of hydrogen-bond donors (Lipinski definition) is 0. The summed E-state index contributed by atoms with van der Waals surface area (Å²) in [5, 5.41) is 0. The maximum absolute atomic E-state index is 14.8. The van der Waals surface area contributed by atoms with Crippen molar-refractivity contribution in [3.63, 3.8) is 0 Å². The third-order valence-corrected chi connectivity index (χ3v) is 8.03. The van der Waals surface area contributed by atoms with Crippen molar-refractivity contribution in [1.29, 1.82) is 0 Å². The van der Waals surface area contributed by atoms with E-state index in [0.717, 1.165) is 24.3 Å². The summed E-state index contributed by atoms with van der Waals surface area (Å²) in [6.07, 6.45) is -8.51. The van der Waals surface area contributed by atoms with Gasteiger partial charge in [0.1, 0.15) is 0 Å². The molecule has 0 unspecified atom stereocenters. The molecular formula is C24H10F10IrN2. The standard InChI is InChI=1S/2C12H5F5N.Ir/c2*13-8-2-3-9(10(14)5-8)11-4-1-7(6-18-11)12(15,16)17;/h2*1-2,4-6H;/i;;1-110. The van der Waals surface area contributed by atoms with Crippen molar-refractivity contribution in [2.45, 2.75) is 12.4 Å². The van der Waals surface area contributed by atoms with E-state index in [2.05, 4.69) is 9.97 Å². The molecule has 2 nitrogen and oxygen atoms in total. The van der Waals surface area contributed by atoms with Gasteiger partial charge in [-0.25, -0.2) is 0 Å². The summed E-state index contributed by atoms with van der Waals surface area (Å²) in [5.41, 5.74) is -3.53. The molecule has 0 radical (unpaired) electrons. The fraction of sp³-hybridized carbons (Fsp3) is 0.0833. The Morgan fingerprint density at radius 3 is 1.22 bits per heavy atom. The SMILES string of the molecule is Fc1cc(F)c(-c2ccc(C(F)(F)F)cn2)[c]([1Ir][c]2cc(F)cc(F)c2-c2ccc(C(F)(F)F)cn2)c1. The van der Waals surface area contributed by atoms with Crippen LogP contribution in [0.15, 0.2) is 60.9 Å². The Hall–Kier alpha value is -3.31. The zero-order chi connectivity index (χ0) is 27.1. The van der Waals surface area contributed by atoms with Gasteiger partial charge in [0.15, 0.2) is 0 Å². The van der Waals surface area contributed by atoms with Crippen molar-refractivity contribution < 1.29 is 61.6 Å². The number of pyridine rings is 2. The topological polar surface area (TPSA) is 25.8 Å². The Morgan fingerprint density at radius 2 is 0.919 bits per heavy atom. The molecule has 0 aliphatic heterocycles. The quantitative estimate of drug-likeness (QED) is 0.292. The van der Waals surface area contributed by atoms with Gasteiger partial charge < -0.3 is 0 Å². The minimum absolute atomic E-state index is 0.108. The molecule has 0 saturated heterocycles.